The zero-order valence-corrected chi connectivity index (χ0v) is 17.9. The second kappa shape index (κ2) is 8.01. The molecule has 0 aliphatic carbocycles. The first-order valence-corrected chi connectivity index (χ1v) is 11.9. The summed E-state index contributed by atoms with van der Waals surface area (Å²) in [6.07, 6.45) is 2.70. The number of nitrogens with zero attached hydrogens (tertiary/aromatic N) is 4. The van der Waals surface area contributed by atoms with Gasteiger partial charge in [-0.3, -0.25) is 0 Å². The van der Waals surface area contributed by atoms with Crippen molar-refractivity contribution in [2.75, 3.05) is 24.5 Å². The summed E-state index contributed by atoms with van der Waals surface area (Å²) in [6, 6.07) is 14.8. The number of sulfonamides is 1. The molecule has 6 nitrogen and oxygen atoms in total. The van der Waals surface area contributed by atoms with Gasteiger partial charge in [0, 0.05) is 43.7 Å². The summed E-state index contributed by atoms with van der Waals surface area (Å²) in [7, 11) is -3.73. The lowest BCUT2D eigenvalue weighted by molar-refractivity contribution is 0.387. The first kappa shape index (κ1) is 20.1. The largest absolute Gasteiger partial charge is 0.356 e. The van der Waals surface area contributed by atoms with Gasteiger partial charge in [-0.25, -0.2) is 22.8 Å². The Labute approximate surface area is 181 Å². The molecule has 1 aromatic heterocycles. The van der Waals surface area contributed by atoms with Crippen LogP contribution in [-0.2, 0) is 23.0 Å². The molecule has 1 saturated heterocycles. The van der Waals surface area contributed by atoms with E-state index in [4.69, 9.17) is 9.97 Å². The van der Waals surface area contributed by atoms with Crippen LogP contribution in [0.15, 0.2) is 59.5 Å². The Bertz CT molecular complexity index is 1190. The normalized spacial score (nSPS) is 17.0. The molecule has 5 rings (SSSR count). The fourth-order valence-corrected chi connectivity index (χ4v) is 5.65. The lowest BCUT2D eigenvalue weighted by atomic mass is 10.1. The van der Waals surface area contributed by atoms with Crippen LogP contribution < -0.4 is 4.90 Å². The lowest BCUT2D eigenvalue weighted by Gasteiger charge is -2.31. The van der Waals surface area contributed by atoms with Crippen LogP contribution in [0.1, 0.15) is 24.1 Å². The fraction of sp³-hybridized carbons (Fsp3) is 0.304. The molecule has 2 aliphatic heterocycles. The van der Waals surface area contributed by atoms with Gasteiger partial charge in [-0.05, 0) is 37.1 Å². The predicted octanol–water partition coefficient (Wildman–Crippen LogP) is 3.63. The number of aromatic nitrogens is 2. The molecule has 31 heavy (non-hydrogen) atoms. The maximum atomic E-state index is 13.3. The van der Waals surface area contributed by atoms with Gasteiger partial charge in [-0.2, -0.15) is 4.31 Å². The Morgan fingerprint density at radius 1 is 0.871 bits per heavy atom. The summed E-state index contributed by atoms with van der Waals surface area (Å²) < 4.78 is 41.1. The molecule has 0 spiro atoms. The summed E-state index contributed by atoms with van der Waals surface area (Å²) in [5.41, 5.74) is 2.73. The van der Waals surface area contributed by atoms with E-state index < -0.39 is 15.8 Å². The van der Waals surface area contributed by atoms with Crippen LogP contribution in [0.4, 0.5) is 10.2 Å². The molecule has 3 aromatic rings. The molecule has 3 heterocycles. The van der Waals surface area contributed by atoms with Crippen LogP contribution >= 0.6 is 0 Å². The standard InChI is InChI=1S/C23H23FN4O2S/c24-18-8-10-19(11-9-18)31(29,30)28-15-12-21-20(16-28)23(27-13-4-5-14-27)26-22(25-21)17-6-2-1-3-7-17/h1-3,6-11H,4-5,12-16H2. The van der Waals surface area contributed by atoms with Crippen molar-refractivity contribution in [3.8, 4) is 11.4 Å². The maximum absolute atomic E-state index is 13.3. The molecule has 8 heteroatoms. The molecular weight excluding hydrogens is 415 g/mol. The van der Waals surface area contributed by atoms with Crippen LogP contribution in [0.5, 0.6) is 0 Å². The predicted molar refractivity (Wildman–Crippen MR) is 117 cm³/mol. The van der Waals surface area contributed by atoms with E-state index >= 15 is 0 Å². The van der Waals surface area contributed by atoms with Gasteiger partial charge in [-0.1, -0.05) is 30.3 Å². The van der Waals surface area contributed by atoms with Crippen LogP contribution in [0, 0.1) is 5.82 Å². The van der Waals surface area contributed by atoms with E-state index in [1.54, 1.807) is 0 Å². The van der Waals surface area contributed by atoms with E-state index in [1.165, 1.54) is 28.6 Å². The second-order valence-electron chi connectivity index (χ2n) is 7.90. The second-order valence-corrected chi connectivity index (χ2v) is 9.84. The lowest BCUT2D eigenvalue weighted by Crippen LogP contribution is -2.38. The minimum absolute atomic E-state index is 0.0990. The molecule has 1 fully saturated rings. The number of hydrogen-bond donors (Lipinski definition) is 0. The van der Waals surface area contributed by atoms with Crippen molar-refractivity contribution in [2.45, 2.75) is 30.7 Å². The molecule has 2 aromatic carbocycles. The van der Waals surface area contributed by atoms with Gasteiger partial charge in [0.2, 0.25) is 10.0 Å². The number of rotatable bonds is 4. The molecule has 2 aliphatic rings. The van der Waals surface area contributed by atoms with Crippen molar-refractivity contribution in [1.82, 2.24) is 14.3 Å². The van der Waals surface area contributed by atoms with Gasteiger partial charge in [0.05, 0.1) is 10.6 Å². The van der Waals surface area contributed by atoms with Crippen molar-refractivity contribution >= 4 is 15.8 Å². The molecule has 0 N–H and O–H groups in total. The zero-order chi connectivity index (χ0) is 21.4. The fourth-order valence-electron chi connectivity index (χ4n) is 4.24. The van der Waals surface area contributed by atoms with E-state index in [-0.39, 0.29) is 11.4 Å². The quantitative estimate of drug-likeness (QED) is 0.622. The first-order chi connectivity index (χ1) is 15.0. The molecular formula is C23H23FN4O2S. The van der Waals surface area contributed by atoms with Crippen molar-refractivity contribution in [1.29, 1.82) is 0 Å². The highest BCUT2D eigenvalue weighted by Gasteiger charge is 2.33. The van der Waals surface area contributed by atoms with Crippen molar-refractivity contribution < 1.29 is 12.8 Å². The Balaban J connectivity index is 1.55. The number of fused-ring (bicyclic) bond motifs is 1. The Morgan fingerprint density at radius 2 is 1.58 bits per heavy atom. The summed E-state index contributed by atoms with van der Waals surface area (Å²) >= 11 is 0. The summed E-state index contributed by atoms with van der Waals surface area (Å²) in [6.45, 7) is 2.36. The van der Waals surface area contributed by atoms with Gasteiger partial charge >= 0.3 is 0 Å². The average molecular weight is 439 g/mol. The van der Waals surface area contributed by atoms with E-state index in [0.29, 0.717) is 18.8 Å². The number of benzene rings is 2. The molecule has 160 valence electrons. The SMILES string of the molecule is O=S(=O)(c1ccc(F)cc1)N1CCc2nc(-c3ccccc3)nc(N3CCCC3)c2C1. The Hall–Kier alpha value is -2.84. The van der Waals surface area contributed by atoms with Gasteiger partial charge in [0.1, 0.15) is 11.6 Å². The van der Waals surface area contributed by atoms with Crippen LogP contribution in [0.25, 0.3) is 11.4 Å². The topological polar surface area (TPSA) is 66.4 Å². The van der Waals surface area contributed by atoms with Gasteiger partial charge in [0.15, 0.2) is 5.82 Å². The molecule has 0 radical (unpaired) electrons. The Kier molecular flexibility index (Phi) is 5.19. The van der Waals surface area contributed by atoms with E-state index in [1.807, 2.05) is 30.3 Å². The number of halogens is 1. The van der Waals surface area contributed by atoms with Gasteiger partial charge in [0.25, 0.3) is 0 Å². The van der Waals surface area contributed by atoms with Gasteiger partial charge in [-0.15, -0.1) is 0 Å². The number of hydrogen-bond acceptors (Lipinski definition) is 5. The summed E-state index contributed by atoms with van der Waals surface area (Å²) in [4.78, 5) is 12.0. The maximum Gasteiger partial charge on any atom is 0.243 e. The summed E-state index contributed by atoms with van der Waals surface area (Å²) in [5.74, 6) is 1.05. The van der Waals surface area contributed by atoms with E-state index in [0.717, 1.165) is 48.6 Å². The van der Waals surface area contributed by atoms with Crippen molar-refractivity contribution in [3.05, 3.63) is 71.7 Å². The molecule has 0 atom stereocenters. The average Bonchev–Trinajstić information content (AvgIpc) is 3.33. The monoisotopic (exact) mass is 438 g/mol. The van der Waals surface area contributed by atoms with E-state index in [2.05, 4.69) is 4.90 Å². The third-order valence-corrected chi connectivity index (χ3v) is 7.75. The third-order valence-electron chi connectivity index (χ3n) is 5.89. The third kappa shape index (κ3) is 3.81. The zero-order valence-electron chi connectivity index (χ0n) is 17.0. The highest BCUT2D eigenvalue weighted by Crippen LogP contribution is 2.33. The van der Waals surface area contributed by atoms with Crippen molar-refractivity contribution in [2.24, 2.45) is 0 Å². The van der Waals surface area contributed by atoms with Gasteiger partial charge < -0.3 is 4.90 Å². The van der Waals surface area contributed by atoms with Crippen LogP contribution in [0.2, 0.25) is 0 Å². The minimum atomic E-state index is -3.73. The number of anilines is 1. The highest BCUT2D eigenvalue weighted by atomic mass is 32.2. The minimum Gasteiger partial charge on any atom is -0.356 e. The molecule has 0 unspecified atom stereocenters. The Morgan fingerprint density at radius 3 is 2.29 bits per heavy atom. The molecule has 0 amide bonds. The first-order valence-electron chi connectivity index (χ1n) is 10.5. The smallest absolute Gasteiger partial charge is 0.243 e. The van der Waals surface area contributed by atoms with E-state index in [9.17, 15) is 12.8 Å². The van der Waals surface area contributed by atoms with Crippen LogP contribution in [-0.4, -0.2) is 42.3 Å². The van der Waals surface area contributed by atoms with Crippen molar-refractivity contribution in [3.63, 3.8) is 0 Å². The molecule has 0 bridgehead atoms. The highest BCUT2D eigenvalue weighted by molar-refractivity contribution is 7.89. The molecule has 0 saturated carbocycles. The van der Waals surface area contributed by atoms with Crippen LogP contribution in [0.3, 0.4) is 0 Å². The summed E-state index contributed by atoms with van der Waals surface area (Å²) in [5, 5.41) is 0.